The lowest BCUT2D eigenvalue weighted by molar-refractivity contribution is 0.114. The van der Waals surface area contributed by atoms with Crippen LogP contribution in [0.2, 0.25) is 10.2 Å². The molecule has 0 saturated carbocycles. The zero-order valence-corrected chi connectivity index (χ0v) is 12.4. The molecular formula is C14H21Cl2NO. The van der Waals surface area contributed by atoms with E-state index in [4.69, 9.17) is 27.9 Å². The summed E-state index contributed by atoms with van der Waals surface area (Å²) in [4.78, 5) is 4.14. The molecule has 0 saturated heterocycles. The van der Waals surface area contributed by atoms with Gasteiger partial charge in [0.1, 0.15) is 5.15 Å². The minimum absolute atomic E-state index is 0.439. The van der Waals surface area contributed by atoms with Gasteiger partial charge in [0.05, 0.1) is 17.3 Å². The van der Waals surface area contributed by atoms with Crippen molar-refractivity contribution in [3.05, 3.63) is 28.0 Å². The number of rotatable bonds is 9. The second-order valence-electron chi connectivity index (χ2n) is 4.38. The lowest BCUT2D eigenvalue weighted by atomic mass is 10.1. The molecular weight excluding hydrogens is 269 g/mol. The maximum Gasteiger partial charge on any atom is 0.129 e. The van der Waals surface area contributed by atoms with E-state index in [1.54, 1.807) is 12.1 Å². The Bertz CT molecular complexity index is 345. The molecule has 4 heteroatoms. The zero-order valence-electron chi connectivity index (χ0n) is 10.9. The molecule has 1 rings (SSSR count). The Kier molecular flexibility index (Phi) is 8.40. The zero-order chi connectivity index (χ0) is 13.2. The highest BCUT2D eigenvalue weighted by Crippen LogP contribution is 2.17. The van der Waals surface area contributed by atoms with E-state index in [9.17, 15) is 0 Å². The van der Waals surface area contributed by atoms with E-state index in [1.165, 1.54) is 32.1 Å². The van der Waals surface area contributed by atoms with Crippen LogP contribution in [-0.2, 0) is 11.3 Å². The van der Waals surface area contributed by atoms with Crippen LogP contribution in [0.3, 0.4) is 0 Å². The van der Waals surface area contributed by atoms with Crippen LogP contribution in [0.1, 0.15) is 51.1 Å². The van der Waals surface area contributed by atoms with E-state index >= 15 is 0 Å². The molecule has 2 nitrogen and oxygen atoms in total. The van der Waals surface area contributed by atoms with Gasteiger partial charge in [-0.15, -0.1) is 0 Å². The predicted octanol–water partition coefficient (Wildman–Crippen LogP) is 5.27. The monoisotopic (exact) mass is 289 g/mol. The van der Waals surface area contributed by atoms with Gasteiger partial charge < -0.3 is 4.74 Å². The van der Waals surface area contributed by atoms with Gasteiger partial charge in [0, 0.05) is 6.61 Å². The average Bonchev–Trinajstić information content (AvgIpc) is 2.36. The fraction of sp³-hybridized carbons (Fsp3) is 0.643. The van der Waals surface area contributed by atoms with Crippen LogP contribution < -0.4 is 0 Å². The molecule has 1 aromatic rings. The average molecular weight is 290 g/mol. The first kappa shape index (κ1) is 15.7. The van der Waals surface area contributed by atoms with Crippen molar-refractivity contribution in [2.24, 2.45) is 0 Å². The van der Waals surface area contributed by atoms with Crippen molar-refractivity contribution in [1.82, 2.24) is 4.98 Å². The third kappa shape index (κ3) is 6.58. The maximum absolute atomic E-state index is 5.99. The summed E-state index contributed by atoms with van der Waals surface area (Å²) in [6.45, 7) is 3.43. The number of aromatic nitrogens is 1. The van der Waals surface area contributed by atoms with Crippen LogP contribution in [0.15, 0.2) is 12.1 Å². The first-order chi connectivity index (χ1) is 8.74. The Morgan fingerprint density at radius 3 is 2.56 bits per heavy atom. The minimum atomic E-state index is 0.439. The largest absolute Gasteiger partial charge is 0.375 e. The molecule has 0 atom stereocenters. The summed E-state index contributed by atoms with van der Waals surface area (Å²) in [7, 11) is 0. The molecule has 0 aliphatic heterocycles. The van der Waals surface area contributed by atoms with Crippen molar-refractivity contribution in [3.63, 3.8) is 0 Å². The smallest absolute Gasteiger partial charge is 0.129 e. The molecule has 0 amide bonds. The molecule has 0 aliphatic rings. The second-order valence-corrected chi connectivity index (χ2v) is 5.18. The molecule has 1 aromatic heterocycles. The summed E-state index contributed by atoms with van der Waals surface area (Å²) in [6, 6.07) is 3.43. The summed E-state index contributed by atoms with van der Waals surface area (Å²) in [5, 5.41) is 1.07. The third-order valence-electron chi connectivity index (χ3n) is 2.77. The van der Waals surface area contributed by atoms with Gasteiger partial charge in [0.25, 0.3) is 0 Å². The van der Waals surface area contributed by atoms with E-state index in [-0.39, 0.29) is 0 Å². The molecule has 0 radical (unpaired) electrons. The van der Waals surface area contributed by atoms with Gasteiger partial charge in [-0.2, -0.15) is 0 Å². The van der Waals surface area contributed by atoms with Crippen LogP contribution in [0.25, 0.3) is 0 Å². The van der Waals surface area contributed by atoms with Crippen LogP contribution in [-0.4, -0.2) is 11.6 Å². The Morgan fingerprint density at radius 2 is 1.78 bits per heavy atom. The summed E-state index contributed by atoms with van der Waals surface area (Å²) >= 11 is 11.8. The number of unbranched alkanes of at least 4 members (excludes halogenated alkanes) is 5. The Morgan fingerprint density at radius 1 is 1.06 bits per heavy atom. The summed E-state index contributed by atoms with van der Waals surface area (Å²) < 4.78 is 5.56. The number of halogens is 2. The maximum atomic E-state index is 5.99. The van der Waals surface area contributed by atoms with Crippen molar-refractivity contribution in [1.29, 1.82) is 0 Å². The topological polar surface area (TPSA) is 22.1 Å². The minimum Gasteiger partial charge on any atom is -0.375 e. The van der Waals surface area contributed by atoms with Crippen molar-refractivity contribution in [3.8, 4) is 0 Å². The van der Waals surface area contributed by atoms with E-state index in [0.717, 1.165) is 18.7 Å². The number of pyridine rings is 1. The number of nitrogens with zero attached hydrogens (tertiary/aromatic N) is 1. The summed E-state index contributed by atoms with van der Waals surface area (Å²) in [6.07, 6.45) is 7.59. The lowest BCUT2D eigenvalue weighted by Crippen LogP contribution is -1.99. The SMILES string of the molecule is CCCCCCCCOCc1nc(Cl)ccc1Cl. The van der Waals surface area contributed by atoms with Crippen LogP contribution >= 0.6 is 23.2 Å². The van der Waals surface area contributed by atoms with Crippen LogP contribution in [0, 0.1) is 0 Å². The Hall–Kier alpha value is -0.310. The molecule has 0 aliphatic carbocycles. The van der Waals surface area contributed by atoms with Gasteiger partial charge in [-0.25, -0.2) is 4.98 Å². The van der Waals surface area contributed by atoms with Crippen molar-refractivity contribution in [2.45, 2.75) is 52.1 Å². The highest BCUT2D eigenvalue weighted by atomic mass is 35.5. The van der Waals surface area contributed by atoms with Gasteiger partial charge in [-0.1, -0.05) is 62.2 Å². The van der Waals surface area contributed by atoms with E-state index < -0.39 is 0 Å². The molecule has 18 heavy (non-hydrogen) atoms. The predicted molar refractivity (Wildman–Crippen MR) is 77.3 cm³/mol. The number of hydrogen-bond donors (Lipinski definition) is 0. The van der Waals surface area contributed by atoms with E-state index in [2.05, 4.69) is 11.9 Å². The number of hydrogen-bond acceptors (Lipinski definition) is 2. The standard InChI is InChI=1S/C14H21Cl2NO/c1-2-3-4-5-6-7-10-18-11-13-12(15)8-9-14(16)17-13/h8-9H,2-7,10-11H2,1H3. The summed E-state index contributed by atoms with van der Waals surface area (Å²) in [5.74, 6) is 0. The molecule has 0 fully saturated rings. The van der Waals surface area contributed by atoms with Gasteiger partial charge in [-0.3, -0.25) is 0 Å². The molecule has 0 N–H and O–H groups in total. The fourth-order valence-electron chi connectivity index (χ4n) is 1.71. The van der Waals surface area contributed by atoms with Crippen molar-refractivity contribution < 1.29 is 4.74 Å². The third-order valence-corrected chi connectivity index (χ3v) is 3.32. The highest BCUT2D eigenvalue weighted by Gasteiger charge is 2.03. The molecule has 0 spiro atoms. The Labute approximate surface area is 120 Å². The molecule has 1 heterocycles. The van der Waals surface area contributed by atoms with Gasteiger partial charge in [0.15, 0.2) is 0 Å². The fourth-order valence-corrected chi connectivity index (χ4v) is 2.04. The first-order valence-corrected chi connectivity index (χ1v) is 7.38. The summed E-state index contributed by atoms with van der Waals surface area (Å²) in [5.41, 5.74) is 0.718. The number of ether oxygens (including phenoxy) is 1. The molecule has 102 valence electrons. The van der Waals surface area contributed by atoms with Crippen molar-refractivity contribution in [2.75, 3.05) is 6.61 Å². The van der Waals surface area contributed by atoms with E-state index in [0.29, 0.717) is 16.8 Å². The second kappa shape index (κ2) is 9.60. The molecule has 0 unspecified atom stereocenters. The van der Waals surface area contributed by atoms with E-state index in [1.807, 2.05) is 0 Å². The quantitative estimate of drug-likeness (QED) is 0.457. The molecule has 0 bridgehead atoms. The van der Waals surface area contributed by atoms with Gasteiger partial charge in [0.2, 0.25) is 0 Å². The molecule has 0 aromatic carbocycles. The van der Waals surface area contributed by atoms with Gasteiger partial charge in [-0.05, 0) is 18.6 Å². The lowest BCUT2D eigenvalue weighted by Gasteiger charge is -2.06. The highest BCUT2D eigenvalue weighted by molar-refractivity contribution is 6.32. The first-order valence-electron chi connectivity index (χ1n) is 6.62. The van der Waals surface area contributed by atoms with Crippen LogP contribution in [0.5, 0.6) is 0 Å². The van der Waals surface area contributed by atoms with Crippen LogP contribution in [0.4, 0.5) is 0 Å². The van der Waals surface area contributed by atoms with Gasteiger partial charge >= 0.3 is 0 Å². The Balaban J connectivity index is 2.09. The van der Waals surface area contributed by atoms with Crippen molar-refractivity contribution >= 4 is 23.2 Å². The normalized spacial score (nSPS) is 10.8.